The van der Waals surface area contributed by atoms with Crippen LogP contribution in [0.3, 0.4) is 0 Å². The van der Waals surface area contributed by atoms with Gasteiger partial charge < -0.3 is 9.64 Å². The van der Waals surface area contributed by atoms with Crippen molar-refractivity contribution in [3.8, 4) is 23.1 Å². The van der Waals surface area contributed by atoms with E-state index < -0.39 is 11.5 Å². The molecule has 0 atom stereocenters. The molecule has 0 spiro atoms. The van der Waals surface area contributed by atoms with Crippen LogP contribution in [-0.2, 0) is 0 Å². The molecule has 2 saturated heterocycles. The lowest BCUT2D eigenvalue weighted by molar-refractivity contribution is -0.0574. The summed E-state index contributed by atoms with van der Waals surface area (Å²) in [4.78, 5) is 26.4. The zero-order valence-electron chi connectivity index (χ0n) is 24.6. The summed E-state index contributed by atoms with van der Waals surface area (Å²) in [7, 11) is 0. The van der Waals surface area contributed by atoms with Crippen molar-refractivity contribution in [3.05, 3.63) is 71.0 Å². The maximum Gasteiger partial charge on any atom is 0.169 e. The van der Waals surface area contributed by atoms with E-state index in [1.807, 2.05) is 11.8 Å². The minimum atomic E-state index is -1.40. The molecule has 9 nitrogen and oxygen atoms in total. The van der Waals surface area contributed by atoms with E-state index in [1.165, 1.54) is 24.4 Å². The number of anilines is 1. The number of likely N-dealkylation sites (tertiary alicyclic amines) is 1. The molecule has 0 unspecified atom stereocenters. The summed E-state index contributed by atoms with van der Waals surface area (Å²) in [5.74, 6) is 0.461. The number of hydrogen-bond donors (Lipinski definition) is 0. The maximum absolute atomic E-state index is 15.0. The lowest BCUT2D eigenvalue weighted by atomic mass is 9.75. The molecule has 2 fully saturated rings. The molecule has 5 heterocycles. The van der Waals surface area contributed by atoms with E-state index >= 15 is 0 Å². The van der Waals surface area contributed by atoms with Gasteiger partial charge in [-0.15, -0.1) is 0 Å². The molecular weight excluding hydrogens is 588 g/mol. The average molecular weight is 620 g/mol. The molecular formula is C32H32ClF2N7O2. The molecule has 4 aromatic rings. The van der Waals surface area contributed by atoms with Crippen molar-refractivity contribution in [2.75, 3.05) is 44.2 Å². The van der Waals surface area contributed by atoms with Gasteiger partial charge in [0.2, 0.25) is 0 Å². The Morgan fingerprint density at radius 1 is 1.16 bits per heavy atom. The largest absolute Gasteiger partial charge is 0.489 e. The quantitative estimate of drug-likeness (QED) is 0.218. The Morgan fingerprint density at radius 3 is 2.61 bits per heavy atom. The molecule has 0 N–H and O–H groups in total. The SMILES string of the molecule is CCN1CC(F)(COc2cc(-c3cnc(N4CCC(C)(CC(=O)c5cc(F)ccc5Cl)CC4)cn3)c3c(C#N)cnn3c2)C1. The molecule has 3 aromatic heterocycles. The number of benzene rings is 1. The van der Waals surface area contributed by atoms with E-state index in [0.29, 0.717) is 60.1 Å². The highest BCUT2D eigenvalue weighted by Gasteiger charge is 2.43. The van der Waals surface area contributed by atoms with E-state index in [9.17, 15) is 18.8 Å². The van der Waals surface area contributed by atoms with Crippen molar-refractivity contribution in [3.63, 3.8) is 0 Å². The van der Waals surface area contributed by atoms with Gasteiger partial charge in [-0.2, -0.15) is 10.4 Å². The van der Waals surface area contributed by atoms with Gasteiger partial charge >= 0.3 is 0 Å². The number of pyridine rings is 1. The number of aromatic nitrogens is 4. The van der Waals surface area contributed by atoms with Crippen molar-refractivity contribution in [1.29, 1.82) is 5.26 Å². The number of Topliss-reactive ketones (excluding diaryl/α,β-unsaturated/α-hetero) is 1. The average Bonchev–Trinajstić information content (AvgIpc) is 3.43. The predicted octanol–water partition coefficient (Wildman–Crippen LogP) is 5.76. The Hall–Kier alpha value is -4.14. The third-order valence-electron chi connectivity index (χ3n) is 8.69. The second-order valence-electron chi connectivity index (χ2n) is 12.1. The molecule has 228 valence electrons. The predicted molar refractivity (Wildman–Crippen MR) is 162 cm³/mol. The van der Waals surface area contributed by atoms with Crippen molar-refractivity contribution in [2.45, 2.75) is 38.8 Å². The first-order valence-electron chi connectivity index (χ1n) is 14.6. The second kappa shape index (κ2) is 11.7. The number of halogens is 3. The van der Waals surface area contributed by atoms with E-state index in [0.717, 1.165) is 19.4 Å². The van der Waals surface area contributed by atoms with Gasteiger partial charge in [-0.1, -0.05) is 25.4 Å². The second-order valence-corrected chi connectivity index (χ2v) is 12.5. The minimum Gasteiger partial charge on any atom is -0.489 e. The van der Waals surface area contributed by atoms with Gasteiger partial charge in [-0.3, -0.25) is 14.7 Å². The first-order chi connectivity index (χ1) is 21.1. The van der Waals surface area contributed by atoms with Crippen LogP contribution in [-0.4, -0.2) is 75.3 Å². The van der Waals surface area contributed by atoms with Crippen LogP contribution in [0.15, 0.2) is 49.1 Å². The van der Waals surface area contributed by atoms with Crippen molar-refractivity contribution in [2.24, 2.45) is 5.41 Å². The fraction of sp³-hybridized carbons (Fsp3) is 0.406. The summed E-state index contributed by atoms with van der Waals surface area (Å²) < 4.78 is 36.1. The molecule has 0 aliphatic carbocycles. The molecule has 44 heavy (non-hydrogen) atoms. The Bertz CT molecular complexity index is 1740. The number of carbonyl (C=O) groups excluding carboxylic acids is 1. The van der Waals surface area contributed by atoms with Crippen LogP contribution < -0.4 is 9.64 Å². The Balaban J connectivity index is 1.16. The number of carbonyl (C=O) groups is 1. The van der Waals surface area contributed by atoms with Gasteiger partial charge in [0.25, 0.3) is 0 Å². The van der Waals surface area contributed by atoms with Crippen LogP contribution in [0.1, 0.15) is 49.0 Å². The highest BCUT2D eigenvalue weighted by Crippen LogP contribution is 2.38. The third-order valence-corrected chi connectivity index (χ3v) is 9.02. The van der Waals surface area contributed by atoms with Gasteiger partial charge in [0, 0.05) is 43.7 Å². The summed E-state index contributed by atoms with van der Waals surface area (Å²) in [6.07, 6.45) is 8.20. The van der Waals surface area contributed by atoms with Crippen LogP contribution in [0, 0.1) is 22.6 Å². The van der Waals surface area contributed by atoms with Crippen LogP contribution in [0.4, 0.5) is 14.6 Å². The van der Waals surface area contributed by atoms with Crippen LogP contribution in [0.2, 0.25) is 5.02 Å². The normalized spacial score (nSPS) is 17.7. The number of hydrogen-bond acceptors (Lipinski definition) is 8. The Morgan fingerprint density at radius 2 is 1.93 bits per heavy atom. The fourth-order valence-electron chi connectivity index (χ4n) is 6.01. The van der Waals surface area contributed by atoms with Gasteiger partial charge in [0.05, 0.1) is 46.6 Å². The van der Waals surface area contributed by atoms with E-state index in [-0.39, 0.29) is 34.8 Å². The number of fused-ring (bicyclic) bond motifs is 1. The Labute approximate surface area is 259 Å². The molecule has 1 aromatic carbocycles. The molecule has 12 heteroatoms. The standard InChI is InChI=1S/C32H32ClF2N7O2/c1-3-40-18-32(35,19-40)20-44-23-11-25(30-21(13-36)14-39-42(30)17-23)27-15-38-29(16-37-27)41-8-6-31(2,7-9-41)12-28(43)24-10-22(34)4-5-26(24)33/h4-5,10-11,14-17H,3,6-9,12,18-20H2,1-2H3. The summed E-state index contributed by atoms with van der Waals surface area (Å²) in [6.45, 7) is 6.78. The highest BCUT2D eigenvalue weighted by molar-refractivity contribution is 6.34. The summed E-state index contributed by atoms with van der Waals surface area (Å²) in [6, 6.07) is 7.77. The van der Waals surface area contributed by atoms with E-state index in [1.54, 1.807) is 29.2 Å². The summed E-state index contributed by atoms with van der Waals surface area (Å²) in [5.41, 5.74) is 0.623. The lowest BCUT2D eigenvalue weighted by Crippen LogP contribution is -2.61. The maximum atomic E-state index is 15.0. The van der Waals surface area contributed by atoms with Crippen molar-refractivity contribution < 1.29 is 18.3 Å². The first-order valence-corrected chi connectivity index (χ1v) is 15.0. The van der Waals surface area contributed by atoms with Crippen LogP contribution in [0.5, 0.6) is 5.75 Å². The van der Waals surface area contributed by atoms with Gasteiger partial charge in [0.1, 0.15) is 30.1 Å². The molecule has 2 aliphatic rings. The number of ether oxygens (including phenoxy) is 1. The number of nitriles is 1. The van der Waals surface area contributed by atoms with Crippen molar-refractivity contribution >= 4 is 28.7 Å². The van der Waals surface area contributed by atoms with E-state index in [2.05, 4.69) is 33.0 Å². The Kier molecular flexibility index (Phi) is 7.99. The van der Waals surface area contributed by atoms with Gasteiger partial charge in [0.15, 0.2) is 11.5 Å². The highest BCUT2D eigenvalue weighted by atomic mass is 35.5. The van der Waals surface area contributed by atoms with E-state index in [4.69, 9.17) is 16.3 Å². The number of alkyl halides is 1. The lowest BCUT2D eigenvalue weighted by Gasteiger charge is -2.43. The number of ketones is 1. The fourth-order valence-corrected chi connectivity index (χ4v) is 6.23. The monoisotopic (exact) mass is 619 g/mol. The van der Waals surface area contributed by atoms with Gasteiger partial charge in [-0.25, -0.2) is 18.3 Å². The van der Waals surface area contributed by atoms with Crippen LogP contribution in [0.25, 0.3) is 16.8 Å². The topological polar surface area (TPSA) is 99.6 Å². The summed E-state index contributed by atoms with van der Waals surface area (Å²) in [5, 5.41) is 14.2. The molecule has 0 radical (unpaired) electrons. The first kappa shape index (κ1) is 29.9. The zero-order valence-corrected chi connectivity index (χ0v) is 25.3. The third kappa shape index (κ3) is 5.97. The number of piperidine rings is 1. The summed E-state index contributed by atoms with van der Waals surface area (Å²) >= 11 is 6.16. The molecule has 0 bridgehead atoms. The molecule has 2 aliphatic heterocycles. The molecule has 6 rings (SSSR count). The number of nitrogens with zero attached hydrogens (tertiary/aromatic N) is 7. The molecule has 0 saturated carbocycles. The smallest absolute Gasteiger partial charge is 0.169 e. The van der Waals surface area contributed by atoms with Crippen molar-refractivity contribution in [1.82, 2.24) is 24.5 Å². The molecule has 0 amide bonds. The number of rotatable bonds is 9. The minimum absolute atomic E-state index is 0.0831. The van der Waals surface area contributed by atoms with Gasteiger partial charge in [-0.05, 0) is 49.1 Å². The zero-order chi connectivity index (χ0) is 31.1. The van der Waals surface area contributed by atoms with Crippen LogP contribution >= 0.6 is 11.6 Å².